The summed E-state index contributed by atoms with van der Waals surface area (Å²) in [5.74, 6) is 0. The van der Waals surface area contributed by atoms with Crippen molar-refractivity contribution in [1.82, 2.24) is 14.5 Å². The molecule has 0 radical (unpaired) electrons. The van der Waals surface area contributed by atoms with Gasteiger partial charge in [-0.15, -0.1) is 0 Å². The molecule has 0 amide bonds. The molecule has 2 aliphatic rings. The van der Waals surface area contributed by atoms with Crippen LogP contribution in [0.15, 0.2) is 76.4 Å². The van der Waals surface area contributed by atoms with E-state index in [4.69, 9.17) is 13.9 Å². The van der Waals surface area contributed by atoms with Crippen molar-refractivity contribution < 1.29 is 24.1 Å². The van der Waals surface area contributed by atoms with Crippen LogP contribution in [0.25, 0.3) is 0 Å². The molecule has 0 aliphatic carbocycles. The molecule has 2 aliphatic heterocycles. The van der Waals surface area contributed by atoms with Gasteiger partial charge in [-0.2, -0.15) is 0 Å². The minimum atomic E-state index is -2.95. The highest BCUT2D eigenvalue weighted by atomic mass is 28.4. The third-order valence-electron chi connectivity index (χ3n) is 8.86. The van der Waals surface area contributed by atoms with Gasteiger partial charge in [0.25, 0.3) is 13.9 Å². The van der Waals surface area contributed by atoms with Gasteiger partial charge in [0, 0.05) is 24.8 Å². The van der Waals surface area contributed by atoms with Crippen LogP contribution in [0.1, 0.15) is 51.8 Å². The van der Waals surface area contributed by atoms with Crippen LogP contribution < -0.4 is 21.6 Å². The summed E-state index contributed by atoms with van der Waals surface area (Å²) in [5.41, 5.74) is -0.840. The number of aryl methyl sites for hydroxylation is 1. The number of hydrogen-bond acceptors (Lipinski definition) is 8. The summed E-state index contributed by atoms with van der Waals surface area (Å²) < 4.78 is 20.8. The lowest BCUT2D eigenvalue weighted by Crippen LogP contribution is -2.67. The summed E-state index contributed by atoms with van der Waals surface area (Å²) in [5, 5.41) is 24.4. The van der Waals surface area contributed by atoms with E-state index in [2.05, 4.69) is 50.0 Å². The van der Waals surface area contributed by atoms with Gasteiger partial charge in [-0.1, -0.05) is 87.9 Å². The van der Waals surface area contributed by atoms with Gasteiger partial charge in [0.2, 0.25) is 0 Å². The Bertz CT molecular complexity index is 1450. The smallest absolute Gasteiger partial charge is 0.330 e. The number of ether oxygens (including phenoxy) is 2. The minimum absolute atomic E-state index is 0.0383. The van der Waals surface area contributed by atoms with Crippen molar-refractivity contribution >= 4 is 18.7 Å². The van der Waals surface area contributed by atoms with Crippen molar-refractivity contribution in [3.05, 3.63) is 93.3 Å². The predicted molar refractivity (Wildman–Crippen MR) is 171 cm³/mol. The molecule has 1 aromatic heterocycles. The maximum atomic E-state index is 13.0. The predicted octanol–water partition coefficient (Wildman–Crippen LogP) is 1.87. The zero-order valence-corrected chi connectivity index (χ0v) is 27.0. The van der Waals surface area contributed by atoms with Crippen molar-refractivity contribution in [3.63, 3.8) is 0 Å². The third-order valence-corrected chi connectivity index (χ3v) is 13.9. The quantitative estimate of drug-likeness (QED) is 0.293. The number of benzene rings is 2. The summed E-state index contributed by atoms with van der Waals surface area (Å²) in [6.45, 7) is 9.62. The zero-order valence-electron chi connectivity index (χ0n) is 26.0. The lowest BCUT2D eigenvalue weighted by atomic mass is 10.1. The van der Waals surface area contributed by atoms with Gasteiger partial charge in [-0.25, -0.2) is 4.79 Å². The molecule has 0 spiro atoms. The van der Waals surface area contributed by atoms with Crippen LogP contribution in [0.3, 0.4) is 0 Å². The lowest BCUT2D eigenvalue weighted by molar-refractivity contribution is -0.124. The number of aliphatic hydroxyl groups excluding tert-OH is 2. The van der Waals surface area contributed by atoms with E-state index in [1.807, 2.05) is 41.3 Å². The number of aromatic nitrogens is 2. The molecule has 11 heteroatoms. The second kappa shape index (κ2) is 13.6. The standard InChI is InChI=1S/C33H45N3O7Si/c1-23-20-36(32(40)34-30(23)39)31-29(41-22-27(37)35-18-12-7-13-19-35)28(38)26(43-31)21-42-44(33(2,3)4,24-14-8-5-9-15-24)25-16-10-6-11-17-25/h5-6,8-11,14-17,20,26-29,31,37-38H,7,12-13,18-19,21-22H2,1-4H3,(H,34,39,40)/t26-,27?,28?,29?,31-/m0/s1. The normalized spacial score (nSPS) is 24.0. The van der Waals surface area contributed by atoms with E-state index in [9.17, 15) is 19.8 Å². The summed E-state index contributed by atoms with van der Waals surface area (Å²) in [6, 6.07) is 20.4. The van der Waals surface area contributed by atoms with E-state index in [1.54, 1.807) is 6.92 Å². The maximum absolute atomic E-state index is 13.0. The van der Waals surface area contributed by atoms with Crippen LogP contribution in [-0.4, -0.2) is 83.8 Å². The molecular formula is C33H45N3O7Si. The van der Waals surface area contributed by atoms with E-state index < -0.39 is 50.3 Å². The van der Waals surface area contributed by atoms with Gasteiger partial charge >= 0.3 is 5.69 Å². The molecule has 10 nitrogen and oxygen atoms in total. The molecule has 3 heterocycles. The first-order valence-corrected chi connectivity index (χ1v) is 17.4. The highest BCUT2D eigenvalue weighted by Gasteiger charge is 2.53. The largest absolute Gasteiger partial charge is 0.405 e. The molecule has 0 saturated carbocycles. The molecule has 44 heavy (non-hydrogen) atoms. The fourth-order valence-corrected chi connectivity index (χ4v) is 11.1. The molecule has 238 valence electrons. The molecular weight excluding hydrogens is 578 g/mol. The van der Waals surface area contributed by atoms with Gasteiger partial charge in [0.1, 0.15) is 24.5 Å². The number of rotatable bonds is 10. The first-order chi connectivity index (χ1) is 21.0. The Kier molecular flexibility index (Phi) is 10.1. The van der Waals surface area contributed by atoms with Crippen molar-refractivity contribution in [3.8, 4) is 0 Å². The van der Waals surface area contributed by atoms with Crippen LogP contribution in [0, 0.1) is 6.92 Å². The topological polar surface area (TPSA) is 126 Å². The number of nitrogens with zero attached hydrogens (tertiary/aromatic N) is 2. The van der Waals surface area contributed by atoms with Gasteiger partial charge in [0.15, 0.2) is 6.23 Å². The number of aliphatic hydroxyl groups is 2. The van der Waals surface area contributed by atoms with Crippen molar-refractivity contribution in [2.45, 2.75) is 82.8 Å². The third kappa shape index (κ3) is 6.55. The Morgan fingerprint density at radius 3 is 2.16 bits per heavy atom. The fourth-order valence-electron chi connectivity index (χ4n) is 6.52. The highest BCUT2D eigenvalue weighted by molar-refractivity contribution is 6.99. The Morgan fingerprint density at radius 1 is 1.00 bits per heavy atom. The molecule has 3 unspecified atom stereocenters. The molecule has 2 aromatic carbocycles. The van der Waals surface area contributed by atoms with E-state index in [1.165, 1.54) is 10.8 Å². The highest BCUT2D eigenvalue weighted by Crippen LogP contribution is 2.38. The Balaban J connectivity index is 1.46. The van der Waals surface area contributed by atoms with Crippen LogP contribution in [0.2, 0.25) is 5.04 Å². The number of likely N-dealkylation sites (tertiary alicyclic amines) is 1. The minimum Gasteiger partial charge on any atom is -0.405 e. The number of nitrogens with one attached hydrogen (secondary N) is 1. The number of aromatic amines is 1. The Hall–Kier alpha value is -2.90. The molecule has 5 atom stereocenters. The molecule has 2 fully saturated rings. The molecule has 0 bridgehead atoms. The first-order valence-electron chi connectivity index (χ1n) is 15.5. The van der Waals surface area contributed by atoms with Crippen molar-refractivity contribution in [2.75, 3.05) is 26.3 Å². The van der Waals surface area contributed by atoms with E-state index in [0.29, 0.717) is 5.56 Å². The lowest BCUT2D eigenvalue weighted by Gasteiger charge is -2.43. The SMILES string of the molecule is Cc1cn([C@H]2O[C@@H](CO[Si](c3ccccc3)(c3ccccc3)C(C)(C)C)C(O)C2OCC(O)N2CCCCC2)c(=O)[nH]c1=O. The van der Waals surface area contributed by atoms with Gasteiger partial charge < -0.3 is 24.1 Å². The second-order valence-electron chi connectivity index (χ2n) is 12.9. The summed E-state index contributed by atoms with van der Waals surface area (Å²) in [6.07, 6.45) is -0.372. The second-order valence-corrected chi connectivity index (χ2v) is 17.2. The van der Waals surface area contributed by atoms with Gasteiger partial charge in [0.05, 0.1) is 13.2 Å². The number of hydrogen-bond donors (Lipinski definition) is 3. The average molecular weight is 624 g/mol. The zero-order chi connectivity index (χ0) is 31.5. The van der Waals surface area contributed by atoms with Crippen LogP contribution in [-0.2, 0) is 13.9 Å². The van der Waals surface area contributed by atoms with E-state index in [-0.39, 0.29) is 18.3 Å². The van der Waals surface area contributed by atoms with Crippen LogP contribution in [0.4, 0.5) is 0 Å². The number of H-pyrrole nitrogens is 1. The van der Waals surface area contributed by atoms with Gasteiger partial charge in [-0.3, -0.25) is 19.2 Å². The molecule has 3 N–H and O–H groups in total. The van der Waals surface area contributed by atoms with Crippen LogP contribution >= 0.6 is 0 Å². The fraction of sp³-hybridized carbons (Fsp3) is 0.515. The molecule has 3 aromatic rings. The summed E-state index contributed by atoms with van der Waals surface area (Å²) in [7, 11) is -2.95. The number of piperidine rings is 1. The average Bonchev–Trinajstić information content (AvgIpc) is 3.33. The Morgan fingerprint density at radius 2 is 1.59 bits per heavy atom. The first kappa shape index (κ1) is 32.5. The Labute approximate surface area is 259 Å². The monoisotopic (exact) mass is 623 g/mol. The van der Waals surface area contributed by atoms with Crippen molar-refractivity contribution in [1.29, 1.82) is 0 Å². The molecule has 2 saturated heterocycles. The van der Waals surface area contributed by atoms with E-state index >= 15 is 0 Å². The van der Waals surface area contributed by atoms with Gasteiger partial charge in [-0.05, 0) is 35.2 Å². The molecule has 5 rings (SSSR count). The summed E-state index contributed by atoms with van der Waals surface area (Å²) >= 11 is 0. The van der Waals surface area contributed by atoms with Crippen LogP contribution in [0.5, 0.6) is 0 Å². The maximum Gasteiger partial charge on any atom is 0.330 e. The van der Waals surface area contributed by atoms with Crippen molar-refractivity contribution in [2.24, 2.45) is 0 Å². The summed E-state index contributed by atoms with van der Waals surface area (Å²) in [4.78, 5) is 29.4. The van der Waals surface area contributed by atoms with E-state index in [0.717, 1.165) is 42.7 Å².